The van der Waals surface area contributed by atoms with Gasteiger partial charge in [0.2, 0.25) is 5.91 Å². The predicted octanol–water partition coefficient (Wildman–Crippen LogP) is 0.990. The van der Waals surface area contributed by atoms with E-state index in [9.17, 15) is 14.4 Å². The fourth-order valence-electron chi connectivity index (χ4n) is 3.24. The number of amides is 1. The van der Waals surface area contributed by atoms with Crippen LogP contribution in [0.3, 0.4) is 0 Å². The van der Waals surface area contributed by atoms with E-state index in [4.69, 9.17) is 5.11 Å². The molecule has 0 spiro atoms. The van der Waals surface area contributed by atoms with Crippen LogP contribution in [-0.4, -0.2) is 32.3 Å². The number of aliphatic carboxylic acids is 1. The third kappa shape index (κ3) is 3.02. The minimum atomic E-state index is -0.916. The molecule has 2 aromatic rings. The van der Waals surface area contributed by atoms with Crippen molar-refractivity contribution in [2.75, 3.05) is 0 Å². The molecule has 2 N–H and O–H groups in total. The van der Waals surface area contributed by atoms with Crippen molar-refractivity contribution in [3.8, 4) is 0 Å². The molecule has 1 aromatic carbocycles. The molecule has 0 unspecified atom stereocenters. The molecule has 1 aliphatic rings. The van der Waals surface area contributed by atoms with E-state index in [1.165, 1.54) is 4.68 Å². The van der Waals surface area contributed by atoms with Gasteiger partial charge in [0.1, 0.15) is 0 Å². The minimum Gasteiger partial charge on any atom is -0.481 e. The molecule has 1 aromatic heterocycles. The molecule has 0 bridgehead atoms. The lowest BCUT2D eigenvalue weighted by Gasteiger charge is -2.41. The van der Waals surface area contributed by atoms with Gasteiger partial charge < -0.3 is 10.4 Å². The summed E-state index contributed by atoms with van der Waals surface area (Å²) < 4.78 is 1.22. The maximum absolute atomic E-state index is 12.4. The first-order valence-electron chi connectivity index (χ1n) is 7.88. The van der Waals surface area contributed by atoms with Gasteiger partial charge in [0.15, 0.2) is 0 Å². The van der Waals surface area contributed by atoms with Gasteiger partial charge in [-0.1, -0.05) is 18.2 Å². The van der Waals surface area contributed by atoms with E-state index < -0.39 is 11.5 Å². The summed E-state index contributed by atoms with van der Waals surface area (Å²) in [5.74, 6) is -1.19. The Bertz CT molecular complexity index is 868. The molecule has 0 saturated heterocycles. The Morgan fingerprint density at radius 2 is 1.96 bits per heavy atom. The number of carboxylic acid groups (broad SMARTS) is 1. The van der Waals surface area contributed by atoms with Gasteiger partial charge in [-0.25, -0.2) is 4.68 Å². The Balaban J connectivity index is 1.85. The van der Waals surface area contributed by atoms with E-state index in [0.717, 1.165) is 6.42 Å². The summed E-state index contributed by atoms with van der Waals surface area (Å²) in [5, 5.41) is 17.3. The van der Waals surface area contributed by atoms with Gasteiger partial charge in [-0.05, 0) is 25.3 Å². The normalized spacial score (nSPS) is 15.7. The van der Waals surface area contributed by atoms with Crippen LogP contribution >= 0.6 is 0 Å². The fourth-order valence-corrected chi connectivity index (χ4v) is 3.24. The smallest absolute Gasteiger partial charge is 0.305 e. The van der Waals surface area contributed by atoms with Crippen LogP contribution in [0, 0.1) is 0 Å². The molecule has 3 rings (SSSR count). The summed E-state index contributed by atoms with van der Waals surface area (Å²) in [7, 11) is 1.55. The molecule has 1 aliphatic carbocycles. The topological polar surface area (TPSA) is 101 Å². The molecule has 7 nitrogen and oxygen atoms in total. The number of nitrogens with one attached hydrogen (secondary N) is 1. The lowest BCUT2D eigenvalue weighted by atomic mass is 9.74. The first-order chi connectivity index (χ1) is 11.4. The molecule has 7 heteroatoms. The second-order valence-electron chi connectivity index (χ2n) is 6.35. The number of carbonyl (C=O) groups excluding carboxylic acids is 1. The van der Waals surface area contributed by atoms with E-state index >= 15 is 0 Å². The Kier molecular flexibility index (Phi) is 4.09. The third-order valence-corrected chi connectivity index (χ3v) is 4.57. The van der Waals surface area contributed by atoms with Gasteiger partial charge in [0.05, 0.1) is 29.5 Å². The van der Waals surface area contributed by atoms with Gasteiger partial charge in [-0.3, -0.25) is 14.4 Å². The number of nitrogens with zero attached hydrogens (tertiary/aromatic N) is 2. The summed E-state index contributed by atoms with van der Waals surface area (Å²) in [6.07, 6.45) is 2.20. The zero-order valence-corrected chi connectivity index (χ0v) is 13.4. The summed E-state index contributed by atoms with van der Waals surface area (Å²) in [5.41, 5.74) is -0.342. The lowest BCUT2D eigenvalue weighted by molar-refractivity contribution is -0.140. The Morgan fingerprint density at radius 1 is 1.29 bits per heavy atom. The van der Waals surface area contributed by atoms with Gasteiger partial charge >= 0.3 is 5.97 Å². The Labute approximate surface area is 138 Å². The van der Waals surface area contributed by atoms with E-state index in [2.05, 4.69) is 10.4 Å². The average molecular weight is 329 g/mol. The Morgan fingerprint density at radius 3 is 2.54 bits per heavy atom. The SMILES string of the molecule is Cn1nc(CC(=O)NC2(CC(=O)O)CCC2)c2ccccc2c1=O. The van der Waals surface area contributed by atoms with Crippen molar-refractivity contribution < 1.29 is 14.7 Å². The van der Waals surface area contributed by atoms with Gasteiger partial charge in [0.25, 0.3) is 5.56 Å². The zero-order valence-electron chi connectivity index (χ0n) is 13.4. The molecule has 1 fully saturated rings. The quantitative estimate of drug-likeness (QED) is 0.852. The van der Waals surface area contributed by atoms with Crippen LogP contribution in [0.1, 0.15) is 31.4 Å². The number of aryl methyl sites for hydroxylation is 1. The van der Waals surface area contributed by atoms with E-state index in [0.29, 0.717) is 29.3 Å². The van der Waals surface area contributed by atoms with Gasteiger partial charge in [0, 0.05) is 12.4 Å². The lowest BCUT2D eigenvalue weighted by Crippen LogP contribution is -2.55. The van der Waals surface area contributed by atoms with E-state index in [-0.39, 0.29) is 24.3 Å². The standard InChI is InChI=1S/C17H19N3O4/c1-20-16(24)12-6-3-2-5-11(12)13(19-20)9-14(21)18-17(7-4-8-17)10-15(22)23/h2-3,5-6H,4,7-10H2,1H3,(H,18,21)(H,22,23). The van der Waals surface area contributed by atoms with Crippen molar-refractivity contribution in [2.45, 2.75) is 37.6 Å². The molecule has 0 atom stereocenters. The van der Waals surface area contributed by atoms with Crippen molar-refractivity contribution in [3.63, 3.8) is 0 Å². The number of hydrogen-bond donors (Lipinski definition) is 2. The highest BCUT2D eigenvalue weighted by molar-refractivity contribution is 5.88. The van der Waals surface area contributed by atoms with Crippen LogP contribution in [-0.2, 0) is 23.1 Å². The summed E-state index contributed by atoms with van der Waals surface area (Å²) in [6.45, 7) is 0. The second-order valence-corrected chi connectivity index (χ2v) is 6.35. The van der Waals surface area contributed by atoms with Crippen molar-refractivity contribution in [3.05, 3.63) is 40.3 Å². The minimum absolute atomic E-state index is 0.00992. The number of carbonyl (C=O) groups is 2. The highest BCUT2D eigenvalue weighted by atomic mass is 16.4. The number of carboxylic acids is 1. The highest BCUT2D eigenvalue weighted by Crippen LogP contribution is 2.35. The monoisotopic (exact) mass is 329 g/mol. The number of rotatable bonds is 5. The summed E-state index contributed by atoms with van der Waals surface area (Å²) in [6, 6.07) is 7.04. The Hall–Kier alpha value is -2.70. The first-order valence-corrected chi connectivity index (χ1v) is 7.88. The summed E-state index contributed by atoms with van der Waals surface area (Å²) in [4.78, 5) is 35.5. The van der Waals surface area contributed by atoms with Crippen LogP contribution < -0.4 is 10.9 Å². The predicted molar refractivity (Wildman–Crippen MR) is 87.7 cm³/mol. The zero-order chi connectivity index (χ0) is 17.3. The van der Waals surface area contributed by atoms with Crippen molar-refractivity contribution in [1.82, 2.24) is 15.1 Å². The molecule has 1 amide bonds. The molecule has 24 heavy (non-hydrogen) atoms. The number of fused-ring (bicyclic) bond motifs is 1. The maximum Gasteiger partial charge on any atom is 0.305 e. The average Bonchev–Trinajstić information content (AvgIpc) is 2.49. The van der Waals surface area contributed by atoms with Crippen molar-refractivity contribution in [2.24, 2.45) is 7.05 Å². The van der Waals surface area contributed by atoms with Crippen LogP contribution in [0.2, 0.25) is 0 Å². The van der Waals surface area contributed by atoms with Crippen LogP contribution in [0.4, 0.5) is 0 Å². The third-order valence-electron chi connectivity index (χ3n) is 4.57. The van der Waals surface area contributed by atoms with E-state index in [1.807, 2.05) is 0 Å². The molecular weight excluding hydrogens is 310 g/mol. The molecule has 0 radical (unpaired) electrons. The number of benzene rings is 1. The van der Waals surface area contributed by atoms with Crippen LogP contribution in [0.5, 0.6) is 0 Å². The van der Waals surface area contributed by atoms with E-state index in [1.54, 1.807) is 31.3 Å². The maximum atomic E-state index is 12.4. The number of hydrogen-bond acceptors (Lipinski definition) is 4. The van der Waals surface area contributed by atoms with Crippen molar-refractivity contribution in [1.29, 1.82) is 0 Å². The van der Waals surface area contributed by atoms with Crippen molar-refractivity contribution >= 4 is 22.6 Å². The highest BCUT2D eigenvalue weighted by Gasteiger charge is 2.40. The number of aromatic nitrogens is 2. The molecular formula is C17H19N3O4. The molecule has 126 valence electrons. The molecule has 0 aliphatic heterocycles. The van der Waals surface area contributed by atoms with Gasteiger partial charge in [-0.15, -0.1) is 0 Å². The van der Waals surface area contributed by atoms with Gasteiger partial charge in [-0.2, -0.15) is 5.10 Å². The largest absolute Gasteiger partial charge is 0.481 e. The molecule has 1 saturated carbocycles. The summed E-state index contributed by atoms with van der Waals surface area (Å²) >= 11 is 0. The first kappa shape index (κ1) is 16.2. The van der Waals surface area contributed by atoms with Crippen LogP contribution in [0.25, 0.3) is 10.8 Å². The second kappa shape index (κ2) is 6.07. The van der Waals surface area contributed by atoms with Crippen LogP contribution in [0.15, 0.2) is 29.1 Å². The molecule has 1 heterocycles. The fraction of sp³-hybridized carbons (Fsp3) is 0.412.